The molecule has 0 unspecified atom stereocenters. The van der Waals surface area contributed by atoms with Crippen molar-refractivity contribution in [2.75, 3.05) is 34.0 Å². The van der Waals surface area contributed by atoms with Gasteiger partial charge in [-0.1, -0.05) is 55.4 Å². The molecule has 2 aliphatic rings. The van der Waals surface area contributed by atoms with Gasteiger partial charge in [-0.25, -0.2) is 9.97 Å². The number of ether oxygens (including phenoxy) is 4. The molecule has 4 rings (SSSR count). The highest BCUT2D eigenvalue weighted by atomic mass is 28.5. The Labute approximate surface area is 245 Å². The van der Waals surface area contributed by atoms with Crippen LogP contribution in [0.2, 0.25) is 22.2 Å². The summed E-state index contributed by atoms with van der Waals surface area (Å²) in [5.41, 5.74) is 1.14. The molecule has 0 saturated carbocycles. The molecule has 0 N–H and O–H groups in total. The number of hydrogen-bond donors (Lipinski definition) is 0. The third-order valence-electron chi connectivity index (χ3n) is 8.38. The van der Waals surface area contributed by atoms with E-state index in [2.05, 4.69) is 65.4 Å². The largest absolute Gasteiger partial charge is 0.414 e. The molecule has 2 aliphatic heterocycles. The highest BCUT2D eigenvalue weighted by Crippen LogP contribution is 2.48. The van der Waals surface area contributed by atoms with Crippen LogP contribution in [0.4, 0.5) is 0 Å². The monoisotopic (exact) mass is 612 g/mol. The normalized spacial score (nSPS) is 26.3. The van der Waals surface area contributed by atoms with Gasteiger partial charge in [-0.3, -0.25) is 13.9 Å². The standard InChI is InChI=1S/C27H48N4O8Si2/c1-17(2)40(18(3)4)36-13-21-23(38-41(39-40,19(5)6)20(7)8)24(34-10)27(37-21)31-15-28-22-25(31)29-14-30(26(22)32)16-35-12-11-33-9/h14-15,17-21,23-24,27H,11-13,16H2,1-10H3/t21-,23-,24-,27-/m1/s1. The van der Waals surface area contributed by atoms with Crippen LogP contribution in [0.15, 0.2) is 17.4 Å². The van der Waals surface area contributed by atoms with Crippen molar-refractivity contribution in [1.29, 1.82) is 0 Å². The Hall–Kier alpha value is -1.50. The molecule has 2 aromatic heterocycles. The van der Waals surface area contributed by atoms with Gasteiger partial charge in [0.15, 0.2) is 17.4 Å². The minimum absolute atomic E-state index is 0.0579. The average molecular weight is 613 g/mol. The van der Waals surface area contributed by atoms with E-state index < -0.39 is 41.7 Å². The van der Waals surface area contributed by atoms with E-state index >= 15 is 0 Å². The van der Waals surface area contributed by atoms with Crippen LogP contribution in [0, 0.1) is 0 Å². The second-order valence-electron chi connectivity index (χ2n) is 12.2. The third kappa shape index (κ3) is 5.87. The molecule has 2 saturated heterocycles. The maximum Gasteiger partial charge on any atom is 0.335 e. The molecule has 0 amide bonds. The lowest BCUT2D eigenvalue weighted by Crippen LogP contribution is -2.65. The van der Waals surface area contributed by atoms with Crippen molar-refractivity contribution in [3.63, 3.8) is 0 Å². The van der Waals surface area contributed by atoms with Crippen LogP contribution in [0.25, 0.3) is 11.2 Å². The Bertz CT molecular complexity index is 1200. The number of methoxy groups -OCH3 is 2. The molecule has 12 nitrogen and oxygen atoms in total. The van der Waals surface area contributed by atoms with Gasteiger partial charge >= 0.3 is 17.1 Å². The fourth-order valence-corrected chi connectivity index (χ4v) is 17.3. The first-order valence-corrected chi connectivity index (χ1v) is 18.6. The van der Waals surface area contributed by atoms with E-state index in [0.29, 0.717) is 25.5 Å². The van der Waals surface area contributed by atoms with E-state index in [0.717, 1.165) is 0 Å². The minimum Gasteiger partial charge on any atom is -0.414 e. The van der Waals surface area contributed by atoms with Gasteiger partial charge in [0.1, 0.15) is 31.4 Å². The van der Waals surface area contributed by atoms with Crippen molar-refractivity contribution in [1.82, 2.24) is 19.1 Å². The molecular formula is C27H48N4O8Si2. The molecule has 0 spiro atoms. The van der Waals surface area contributed by atoms with Gasteiger partial charge < -0.3 is 31.9 Å². The number of imidazole rings is 1. The predicted octanol–water partition coefficient (Wildman–Crippen LogP) is 4.08. The lowest BCUT2D eigenvalue weighted by Gasteiger charge is -2.51. The van der Waals surface area contributed by atoms with E-state index in [1.165, 1.54) is 10.9 Å². The summed E-state index contributed by atoms with van der Waals surface area (Å²) < 4.78 is 47.8. The fraction of sp³-hybridized carbons (Fsp3) is 0.815. The molecule has 232 valence electrons. The predicted molar refractivity (Wildman–Crippen MR) is 158 cm³/mol. The highest BCUT2D eigenvalue weighted by molar-refractivity contribution is 6.84. The molecule has 41 heavy (non-hydrogen) atoms. The van der Waals surface area contributed by atoms with Gasteiger partial charge in [0.2, 0.25) is 0 Å². The number of fused-ring (bicyclic) bond motifs is 2. The summed E-state index contributed by atoms with van der Waals surface area (Å²) in [4.78, 5) is 22.1. The number of nitrogens with zero attached hydrogens (tertiary/aromatic N) is 4. The molecule has 0 bridgehead atoms. The van der Waals surface area contributed by atoms with E-state index in [1.807, 2.05) is 0 Å². The Morgan fingerprint density at radius 3 is 2.20 bits per heavy atom. The van der Waals surface area contributed by atoms with Crippen LogP contribution < -0.4 is 5.56 Å². The quantitative estimate of drug-likeness (QED) is 0.271. The van der Waals surface area contributed by atoms with Crippen LogP contribution in [0.1, 0.15) is 61.6 Å². The Morgan fingerprint density at radius 1 is 0.951 bits per heavy atom. The third-order valence-corrected chi connectivity index (χ3v) is 18.6. The number of aromatic nitrogens is 4. The van der Waals surface area contributed by atoms with Crippen molar-refractivity contribution < 1.29 is 31.9 Å². The smallest absolute Gasteiger partial charge is 0.335 e. The van der Waals surface area contributed by atoms with Crippen molar-refractivity contribution in [3.05, 3.63) is 23.0 Å². The first-order valence-electron chi connectivity index (χ1n) is 14.6. The zero-order valence-corrected chi connectivity index (χ0v) is 28.2. The molecule has 2 fully saturated rings. The first kappa shape index (κ1) is 32.4. The maximum atomic E-state index is 13.2. The van der Waals surface area contributed by atoms with Crippen molar-refractivity contribution in [3.8, 4) is 0 Å². The molecule has 14 heteroatoms. The zero-order chi connectivity index (χ0) is 30.1. The summed E-state index contributed by atoms with van der Waals surface area (Å²) in [6.45, 7) is 18.7. The molecule has 2 aromatic rings. The fourth-order valence-electron chi connectivity index (χ4n) is 6.13. The van der Waals surface area contributed by atoms with Crippen LogP contribution in [-0.2, 0) is 38.6 Å². The lowest BCUT2D eigenvalue weighted by molar-refractivity contribution is -0.0602. The zero-order valence-electron chi connectivity index (χ0n) is 26.2. The molecular weight excluding hydrogens is 564 g/mol. The van der Waals surface area contributed by atoms with E-state index in [4.69, 9.17) is 31.9 Å². The second-order valence-corrected chi connectivity index (χ2v) is 21.0. The maximum absolute atomic E-state index is 13.2. The lowest BCUT2D eigenvalue weighted by atomic mass is 10.1. The molecule has 0 aromatic carbocycles. The van der Waals surface area contributed by atoms with Crippen LogP contribution >= 0.6 is 0 Å². The van der Waals surface area contributed by atoms with Gasteiger partial charge in [0, 0.05) is 14.2 Å². The summed E-state index contributed by atoms with van der Waals surface area (Å²) in [5.74, 6) is 0. The van der Waals surface area contributed by atoms with E-state index in [1.54, 1.807) is 25.1 Å². The summed E-state index contributed by atoms with van der Waals surface area (Å²) in [7, 11) is -2.33. The summed E-state index contributed by atoms with van der Waals surface area (Å²) >= 11 is 0. The Kier molecular flexibility index (Phi) is 10.3. The van der Waals surface area contributed by atoms with Crippen LogP contribution in [-0.4, -0.2) is 88.6 Å². The van der Waals surface area contributed by atoms with Gasteiger partial charge in [0.05, 0.1) is 26.1 Å². The summed E-state index contributed by atoms with van der Waals surface area (Å²) in [5, 5.41) is 0. The van der Waals surface area contributed by atoms with Crippen LogP contribution in [0.3, 0.4) is 0 Å². The van der Waals surface area contributed by atoms with Crippen molar-refractivity contribution >= 4 is 28.3 Å². The summed E-state index contributed by atoms with van der Waals surface area (Å²) in [6.07, 6.45) is 1.10. The van der Waals surface area contributed by atoms with Gasteiger partial charge in [0.25, 0.3) is 5.56 Å². The number of rotatable bonds is 11. The summed E-state index contributed by atoms with van der Waals surface area (Å²) in [6, 6.07) is 0. The first-order chi connectivity index (χ1) is 19.4. The average Bonchev–Trinajstić information content (AvgIpc) is 3.48. The highest BCUT2D eigenvalue weighted by Gasteiger charge is 2.62. The van der Waals surface area contributed by atoms with Gasteiger partial charge in [-0.15, -0.1) is 0 Å². The van der Waals surface area contributed by atoms with Crippen molar-refractivity contribution in [2.24, 2.45) is 0 Å². The molecule has 0 aliphatic carbocycles. The Morgan fingerprint density at radius 2 is 1.61 bits per heavy atom. The SMILES string of the molecule is COCCOCn1cnc2c(ncn2[C@@H]2O[C@@H]3CO[Si](C(C)C)(C(C)C)O[Si](C(C)C)(C(C)C)O[C@H]3[C@H]2OC)c1=O. The van der Waals surface area contributed by atoms with Gasteiger partial charge in [-0.05, 0) is 22.2 Å². The minimum atomic E-state index is -2.87. The van der Waals surface area contributed by atoms with Crippen molar-refractivity contribution in [2.45, 2.75) is 109 Å². The Balaban J connectivity index is 1.72. The molecule has 4 heterocycles. The molecule has 0 radical (unpaired) electrons. The van der Waals surface area contributed by atoms with E-state index in [9.17, 15) is 4.79 Å². The second kappa shape index (κ2) is 13.0. The van der Waals surface area contributed by atoms with Crippen LogP contribution in [0.5, 0.6) is 0 Å². The number of hydrogen-bond acceptors (Lipinski definition) is 10. The molecule has 4 atom stereocenters. The van der Waals surface area contributed by atoms with E-state index in [-0.39, 0.29) is 40.0 Å². The topological polar surface area (TPSA) is 117 Å². The van der Waals surface area contributed by atoms with Gasteiger partial charge in [-0.2, -0.15) is 0 Å².